The first kappa shape index (κ1) is 18.9. The fraction of sp³-hybridized carbons (Fsp3) is 0.286. The molecule has 8 heteroatoms. The number of ketones is 1. The smallest absolute Gasteiger partial charge is 0.255 e. The molecule has 29 heavy (non-hydrogen) atoms. The van der Waals surface area contributed by atoms with E-state index in [1.165, 1.54) is 41.2 Å². The zero-order chi connectivity index (χ0) is 20.4. The van der Waals surface area contributed by atoms with Gasteiger partial charge in [-0.25, -0.2) is 19.3 Å². The second-order valence-electron chi connectivity index (χ2n) is 7.07. The summed E-state index contributed by atoms with van der Waals surface area (Å²) in [5.41, 5.74) is 1.43. The van der Waals surface area contributed by atoms with Gasteiger partial charge in [0.25, 0.3) is 5.56 Å². The molecule has 0 N–H and O–H groups in total. The minimum absolute atomic E-state index is 0.0289. The highest BCUT2D eigenvalue weighted by atomic mass is 19.1. The normalized spacial score (nSPS) is 14.8. The summed E-state index contributed by atoms with van der Waals surface area (Å²) in [5, 5.41) is 0. The Morgan fingerprint density at radius 2 is 1.83 bits per heavy atom. The molecule has 0 bridgehead atoms. The van der Waals surface area contributed by atoms with E-state index in [1.54, 1.807) is 19.3 Å². The predicted octanol–water partition coefficient (Wildman–Crippen LogP) is 2.48. The quantitative estimate of drug-likeness (QED) is 0.634. The molecule has 0 saturated carbocycles. The SMILES string of the molecule is Cn1c(N2CCC(C(=O)c3ccc(F)cc3)CC2)nc(-c2ccncn2)cc1=O. The van der Waals surface area contributed by atoms with Crippen LogP contribution in [0.2, 0.25) is 0 Å². The molecule has 4 rings (SSSR count). The maximum absolute atomic E-state index is 13.1. The van der Waals surface area contributed by atoms with E-state index in [9.17, 15) is 14.0 Å². The maximum atomic E-state index is 13.1. The van der Waals surface area contributed by atoms with Crippen LogP contribution in [0.1, 0.15) is 23.2 Å². The molecular formula is C21H20FN5O2. The molecule has 0 atom stereocenters. The summed E-state index contributed by atoms with van der Waals surface area (Å²) in [6.07, 6.45) is 4.31. The van der Waals surface area contributed by atoms with E-state index in [4.69, 9.17) is 0 Å². The van der Waals surface area contributed by atoms with Gasteiger partial charge in [-0.3, -0.25) is 14.2 Å². The van der Waals surface area contributed by atoms with Crippen molar-refractivity contribution < 1.29 is 9.18 Å². The average molecular weight is 393 g/mol. The first-order valence-corrected chi connectivity index (χ1v) is 9.42. The van der Waals surface area contributed by atoms with Crippen molar-refractivity contribution in [2.24, 2.45) is 13.0 Å². The third-order valence-corrected chi connectivity index (χ3v) is 5.23. The summed E-state index contributed by atoms with van der Waals surface area (Å²) < 4.78 is 14.6. The number of nitrogens with zero attached hydrogens (tertiary/aromatic N) is 5. The van der Waals surface area contributed by atoms with Crippen molar-refractivity contribution in [3.8, 4) is 11.4 Å². The Morgan fingerprint density at radius 1 is 1.10 bits per heavy atom. The van der Waals surface area contributed by atoms with Gasteiger partial charge in [0, 0.05) is 43.9 Å². The van der Waals surface area contributed by atoms with Crippen molar-refractivity contribution in [2.75, 3.05) is 18.0 Å². The summed E-state index contributed by atoms with van der Waals surface area (Å²) >= 11 is 0. The Hall–Kier alpha value is -3.42. The Bertz CT molecular complexity index is 1070. The molecule has 0 radical (unpaired) electrons. The maximum Gasteiger partial charge on any atom is 0.255 e. The first-order valence-electron chi connectivity index (χ1n) is 9.42. The van der Waals surface area contributed by atoms with E-state index < -0.39 is 0 Å². The monoisotopic (exact) mass is 393 g/mol. The second kappa shape index (κ2) is 7.90. The van der Waals surface area contributed by atoms with Gasteiger partial charge >= 0.3 is 0 Å². The lowest BCUT2D eigenvalue weighted by molar-refractivity contribution is 0.0900. The van der Waals surface area contributed by atoms with Crippen molar-refractivity contribution in [3.63, 3.8) is 0 Å². The molecule has 3 aromatic rings. The van der Waals surface area contributed by atoms with Crippen LogP contribution in [0.25, 0.3) is 11.4 Å². The molecular weight excluding hydrogens is 373 g/mol. The number of hydrogen-bond acceptors (Lipinski definition) is 6. The van der Waals surface area contributed by atoms with E-state index in [2.05, 4.69) is 15.0 Å². The third kappa shape index (κ3) is 3.91. The third-order valence-electron chi connectivity index (χ3n) is 5.23. The number of hydrogen-bond donors (Lipinski definition) is 0. The fourth-order valence-electron chi connectivity index (χ4n) is 3.58. The standard InChI is InChI=1S/C21H20FN5O2/c1-26-19(28)12-18(17-6-9-23-13-24-17)25-21(26)27-10-7-15(8-11-27)20(29)14-2-4-16(22)5-3-14/h2-6,9,12-13,15H,7-8,10-11H2,1H3. The first-order chi connectivity index (χ1) is 14.0. The van der Waals surface area contributed by atoms with Crippen molar-refractivity contribution in [1.82, 2.24) is 19.5 Å². The lowest BCUT2D eigenvalue weighted by atomic mass is 9.89. The van der Waals surface area contributed by atoms with Gasteiger partial charge in [-0.05, 0) is 43.2 Å². The summed E-state index contributed by atoms with van der Waals surface area (Å²) in [5.74, 6) is 0.103. The fourth-order valence-corrected chi connectivity index (χ4v) is 3.58. The number of anilines is 1. The summed E-state index contributed by atoms with van der Waals surface area (Å²) in [6.45, 7) is 1.20. The number of benzene rings is 1. The lowest BCUT2D eigenvalue weighted by Gasteiger charge is -2.33. The Labute approximate surface area is 166 Å². The molecule has 0 amide bonds. The highest BCUT2D eigenvalue weighted by Crippen LogP contribution is 2.25. The van der Waals surface area contributed by atoms with Gasteiger partial charge < -0.3 is 4.90 Å². The number of Topliss-reactive ketones (excluding diaryl/α,β-unsaturated/α-hetero) is 1. The molecule has 1 fully saturated rings. The van der Waals surface area contributed by atoms with Crippen LogP contribution < -0.4 is 10.5 Å². The molecule has 0 unspecified atom stereocenters. The van der Waals surface area contributed by atoms with Crippen LogP contribution in [0.4, 0.5) is 10.3 Å². The van der Waals surface area contributed by atoms with Crippen LogP contribution >= 0.6 is 0 Å². The summed E-state index contributed by atoms with van der Waals surface area (Å²) in [4.78, 5) is 39.8. The van der Waals surface area contributed by atoms with E-state index >= 15 is 0 Å². The van der Waals surface area contributed by atoms with Crippen LogP contribution in [0, 0.1) is 11.7 Å². The molecule has 3 heterocycles. The predicted molar refractivity (Wildman–Crippen MR) is 106 cm³/mol. The number of carbonyl (C=O) groups is 1. The molecule has 0 aliphatic carbocycles. The zero-order valence-electron chi connectivity index (χ0n) is 16.0. The van der Waals surface area contributed by atoms with Crippen LogP contribution in [-0.2, 0) is 7.05 Å². The van der Waals surface area contributed by atoms with Crippen LogP contribution in [0.3, 0.4) is 0 Å². The molecule has 1 aromatic carbocycles. The molecule has 1 aliphatic rings. The van der Waals surface area contributed by atoms with Gasteiger partial charge in [-0.2, -0.15) is 0 Å². The molecule has 148 valence electrons. The van der Waals surface area contributed by atoms with E-state index in [0.717, 1.165) is 0 Å². The number of carbonyl (C=O) groups excluding carboxylic acids is 1. The van der Waals surface area contributed by atoms with Crippen LogP contribution in [0.15, 0.2) is 53.7 Å². The Balaban J connectivity index is 1.52. The minimum Gasteiger partial charge on any atom is -0.342 e. The lowest BCUT2D eigenvalue weighted by Crippen LogP contribution is -2.40. The average Bonchev–Trinajstić information content (AvgIpc) is 2.76. The van der Waals surface area contributed by atoms with Crippen molar-refractivity contribution >= 4 is 11.7 Å². The Kier molecular flexibility index (Phi) is 5.16. The number of halogens is 1. The van der Waals surface area contributed by atoms with Gasteiger partial charge in [-0.1, -0.05) is 0 Å². The van der Waals surface area contributed by atoms with Gasteiger partial charge in [0.1, 0.15) is 12.1 Å². The topological polar surface area (TPSA) is 81.0 Å². The van der Waals surface area contributed by atoms with Gasteiger partial charge in [0.2, 0.25) is 5.95 Å². The zero-order valence-corrected chi connectivity index (χ0v) is 16.0. The van der Waals surface area contributed by atoms with Gasteiger partial charge in [-0.15, -0.1) is 0 Å². The highest BCUT2D eigenvalue weighted by Gasteiger charge is 2.27. The second-order valence-corrected chi connectivity index (χ2v) is 7.07. The van der Waals surface area contributed by atoms with E-state index in [0.29, 0.717) is 48.8 Å². The largest absolute Gasteiger partial charge is 0.342 e. The molecule has 1 aliphatic heterocycles. The molecule has 7 nitrogen and oxygen atoms in total. The number of rotatable bonds is 4. The van der Waals surface area contributed by atoms with Gasteiger partial charge in [0.15, 0.2) is 5.78 Å². The number of aromatic nitrogens is 4. The van der Waals surface area contributed by atoms with Gasteiger partial charge in [0.05, 0.1) is 11.4 Å². The summed E-state index contributed by atoms with van der Waals surface area (Å²) in [6, 6.07) is 8.83. The highest BCUT2D eigenvalue weighted by molar-refractivity contribution is 5.97. The van der Waals surface area contributed by atoms with Crippen molar-refractivity contribution in [3.05, 3.63) is 70.7 Å². The summed E-state index contributed by atoms with van der Waals surface area (Å²) in [7, 11) is 1.68. The molecule has 2 aromatic heterocycles. The molecule has 1 saturated heterocycles. The number of piperidine rings is 1. The van der Waals surface area contributed by atoms with Crippen LogP contribution in [-0.4, -0.2) is 38.4 Å². The van der Waals surface area contributed by atoms with Crippen LogP contribution in [0.5, 0.6) is 0 Å². The van der Waals surface area contributed by atoms with E-state index in [-0.39, 0.29) is 23.1 Å². The van der Waals surface area contributed by atoms with Crippen molar-refractivity contribution in [2.45, 2.75) is 12.8 Å². The molecule has 0 spiro atoms. The van der Waals surface area contributed by atoms with Crippen molar-refractivity contribution in [1.29, 1.82) is 0 Å². The Morgan fingerprint density at radius 3 is 2.48 bits per heavy atom. The van der Waals surface area contributed by atoms with E-state index in [1.807, 2.05) is 4.90 Å². The minimum atomic E-state index is -0.355.